The Morgan fingerprint density at radius 2 is 2.24 bits per heavy atom. The highest BCUT2D eigenvalue weighted by molar-refractivity contribution is 7.90. The van der Waals surface area contributed by atoms with Gasteiger partial charge in [-0.1, -0.05) is 0 Å². The van der Waals surface area contributed by atoms with Crippen LogP contribution in [-0.2, 0) is 23.5 Å². The lowest BCUT2D eigenvalue weighted by atomic mass is 9.94. The summed E-state index contributed by atoms with van der Waals surface area (Å²) < 4.78 is 28.4. The minimum Gasteiger partial charge on any atom is -0.272 e. The van der Waals surface area contributed by atoms with Gasteiger partial charge in [0.05, 0.1) is 17.5 Å². The molecule has 0 radical (unpaired) electrons. The third-order valence-electron chi connectivity index (χ3n) is 3.30. The highest BCUT2D eigenvalue weighted by Crippen LogP contribution is 2.29. The van der Waals surface area contributed by atoms with Crippen LogP contribution in [0, 0.1) is 0 Å². The third-order valence-corrected chi connectivity index (χ3v) is 5.16. The highest BCUT2D eigenvalue weighted by atomic mass is 32.2. The number of hydrogen-bond donors (Lipinski definition) is 1. The van der Waals surface area contributed by atoms with Gasteiger partial charge in [-0.05, 0) is 33.1 Å². The Morgan fingerprint density at radius 3 is 2.88 bits per heavy atom. The zero-order valence-corrected chi connectivity index (χ0v) is 11.3. The van der Waals surface area contributed by atoms with Crippen LogP contribution in [0.5, 0.6) is 0 Å². The molecule has 96 valence electrons. The van der Waals surface area contributed by atoms with Gasteiger partial charge in [0.2, 0.25) is 10.0 Å². The van der Waals surface area contributed by atoms with E-state index >= 15 is 0 Å². The number of aromatic nitrogens is 2. The van der Waals surface area contributed by atoms with Crippen molar-refractivity contribution in [3.8, 4) is 0 Å². The lowest BCUT2D eigenvalue weighted by Crippen LogP contribution is -2.35. The van der Waals surface area contributed by atoms with Gasteiger partial charge in [0, 0.05) is 18.3 Å². The summed E-state index contributed by atoms with van der Waals surface area (Å²) >= 11 is 0. The topological polar surface area (TPSA) is 64.0 Å². The summed E-state index contributed by atoms with van der Waals surface area (Å²) in [5.74, 6) is 0. The van der Waals surface area contributed by atoms with Crippen molar-refractivity contribution < 1.29 is 8.42 Å². The minimum absolute atomic E-state index is 0.111. The summed E-state index contributed by atoms with van der Waals surface area (Å²) in [4.78, 5) is 0. The van der Waals surface area contributed by atoms with Crippen molar-refractivity contribution in [1.82, 2.24) is 14.5 Å². The molecule has 0 amide bonds. The van der Waals surface area contributed by atoms with Gasteiger partial charge in [-0.2, -0.15) is 5.10 Å². The van der Waals surface area contributed by atoms with E-state index in [9.17, 15) is 8.42 Å². The van der Waals surface area contributed by atoms with Crippen molar-refractivity contribution in [2.24, 2.45) is 7.05 Å². The standard InChI is InChI=1S/C11H19N3O2S/c1-8(2)17(15,16)13-10-5-4-6-11-9(10)7-12-14(11)3/h7-8,10,13H,4-6H2,1-3H3. The Kier molecular flexibility index (Phi) is 3.27. The van der Waals surface area contributed by atoms with Crippen molar-refractivity contribution in [3.05, 3.63) is 17.5 Å². The number of sulfonamides is 1. The zero-order valence-electron chi connectivity index (χ0n) is 10.5. The maximum absolute atomic E-state index is 11.9. The average Bonchev–Trinajstić information content (AvgIpc) is 2.61. The summed E-state index contributed by atoms with van der Waals surface area (Å²) in [6, 6.07) is -0.111. The average molecular weight is 257 g/mol. The van der Waals surface area contributed by atoms with Crippen LogP contribution in [0.3, 0.4) is 0 Å². The maximum Gasteiger partial charge on any atom is 0.214 e. The molecule has 17 heavy (non-hydrogen) atoms. The van der Waals surface area contributed by atoms with E-state index < -0.39 is 15.3 Å². The first-order chi connectivity index (χ1) is 7.92. The van der Waals surface area contributed by atoms with Gasteiger partial charge in [0.1, 0.15) is 0 Å². The summed E-state index contributed by atoms with van der Waals surface area (Å²) in [6.07, 6.45) is 4.61. The number of hydrogen-bond acceptors (Lipinski definition) is 3. The minimum atomic E-state index is -3.22. The smallest absolute Gasteiger partial charge is 0.214 e. The molecule has 0 aromatic carbocycles. The first kappa shape index (κ1) is 12.6. The molecule has 1 aromatic rings. The molecule has 6 heteroatoms. The Morgan fingerprint density at radius 1 is 1.53 bits per heavy atom. The lowest BCUT2D eigenvalue weighted by molar-refractivity contribution is 0.494. The number of fused-ring (bicyclic) bond motifs is 1. The summed E-state index contributed by atoms with van der Waals surface area (Å²) in [7, 11) is -1.32. The molecule has 5 nitrogen and oxygen atoms in total. The van der Waals surface area contributed by atoms with Gasteiger partial charge in [-0.3, -0.25) is 4.68 Å². The van der Waals surface area contributed by atoms with Crippen LogP contribution in [-0.4, -0.2) is 23.4 Å². The van der Waals surface area contributed by atoms with E-state index in [1.807, 2.05) is 11.7 Å². The third kappa shape index (κ3) is 2.37. The molecule has 0 saturated carbocycles. The van der Waals surface area contributed by atoms with Crippen molar-refractivity contribution >= 4 is 10.0 Å². The second-order valence-electron chi connectivity index (χ2n) is 4.83. The maximum atomic E-state index is 11.9. The molecule has 1 aromatic heterocycles. The van der Waals surface area contributed by atoms with Gasteiger partial charge in [0.25, 0.3) is 0 Å². The molecule has 0 saturated heterocycles. The van der Waals surface area contributed by atoms with Crippen LogP contribution in [0.25, 0.3) is 0 Å². The molecule has 1 atom stereocenters. The number of nitrogens with zero attached hydrogens (tertiary/aromatic N) is 2. The predicted octanol–water partition coefficient (Wildman–Crippen LogP) is 1.13. The van der Waals surface area contributed by atoms with Gasteiger partial charge >= 0.3 is 0 Å². The van der Waals surface area contributed by atoms with Gasteiger partial charge in [-0.15, -0.1) is 0 Å². The monoisotopic (exact) mass is 257 g/mol. The van der Waals surface area contributed by atoms with Crippen molar-refractivity contribution in [1.29, 1.82) is 0 Å². The Bertz CT molecular complexity index is 505. The molecule has 1 unspecified atom stereocenters. The highest BCUT2D eigenvalue weighted by Gasteiger charge is 2.28. The lowest BCUT2D eigenvalue weighted by Gasteiger charge is -2.24. The van der Waals surface area contributed by atoms with Crippen LogP contribution >= 0.6 is 0 Å². The molecule has 1 aliphatic rings. The molecule has 1 aliphatic carbocycles. The number of aryl methyl sites for hydroxylation is 1. The molecular weight excluding hydrogens is 238 g/mol. The predicted molar refractivity (Wildman–Crippen MR) is 66.1 cm³/mol. The van der Waals surface area contributed by atoms with Crippen LogP contribution in [0.1, 0.15) is 44.0 Å². The van der Waals surface area contributed by atoms with E-state index in [1.165, 1.54) is 0 Å². The van der Waals surface area contributed by atoms with Crippen molar-refractivity contribution in [2.75, 3.05) is 0 Å². The van der Waals surface area contributed by atoms with Gasteiger partial charge < -0.3 is 0 Å². The van der Waals surface area contributed by atoms with E-state index in [0.29, 0.717) is 0 Å². The molecule has 0 fully saturated rings. The summed E-state index contributed by atoms with van der Waals surface area (Å²) in [5, 5.41) is 3.81. The number of nitrogens with one attached hydrogen (secondary N) is 1. The van der Waals surface area contributed by atoms with E-state index in [1.54, 1.807) is 20.0 Å². The van der Waals surface area contributed by atoms with Crippen LogP contribution in [0.15, 0.2) is 6.20 Å². The normalized spacial score (nSPS) is 20.6. The van der Waals surface area contributed by atoms with E-state index in [0.717, 1.165) is 30.5 Å². The quantitative estimate of drug-likeness (QED) is 0.882. The molecule has 2 rings (SSSR count). The fourth-order valence-corrected chi connectivity index (χ4v) is 3.08. The molecule has 0 spiro atoms. The van der Waals surface area contributed by atoms with Gasteiger partial charge in [0.15, 0.2) is 0 Å². The molecule has 1 N–H and O–H groups in total. The fourth-order valence-electron chi connectivity index (χ4n) is 2.16. The zero-order chi connectivity index (χ0) is 12.6. The number of rotatable bonds is 3. The van der Waals surface area contributed by atoms with Crippen molar-refractivity contribution in [2.45, 2.75) is 44.4 Å². The first-order valence-corrected chi connectivity index (χ1v) is 7.48. The second-order valence-corrected chi connectivity index (χ2v) is 7.10. The van der Waals surface area contributed by atoms with Crippen LogP contribution < -0.4 is 4.72 Å². The fraction of sp³-hybridized carbons (Fsp3) is 0.727. The van der Waals surface area contributed by atoms with Gasteiger partial charge in [-0.25, -0.2) is 13.1 Å². The summed E-state index contributed by atoms with van der Waals surface area (Å²) in [5.41, 5.74) is 2.18. The Balaban J connectivity index is 2.25. The second kappa shape index (κ2) is 4.42. The van der Waals surface area contributed by atoms with E-state index in [4.69, 9.17) is 0 Å². The largest absolute Gasteiger partial charge is 0.272 e. The first-order valence-electron chi connectivity index (χ1n) is 5.93. The van der Waals surface area contributed by atoms with Crippen molar-refractivity contribution in [3.63, 3.8) is 0 Å². The molecule has 1 heterocycles. The van der Waals surface area contributed by atoms with E-state index in [-0.39, 0.29) is 6.04 Å². The Labute approximate surface area is 102 Å². The molecule has 0 aliphatic heterocycles. The Hall–Kier alpha value is -0.880. The van der Waals surface area contributed by atoms with Crippen LogP contribution in [0.4, 0.5) is 0 Å². The van der Waals surface area contributed by atoms with Crippen LogP contribution in [0.2, 0.25) is 0 Å². The summed E-state index contributed by atoms with van der Waals surface area (Å²) in [6.45, 7) is 3.38. The SMILES string of the molecule is CC(C)S(=O)(=O)NC1CCCc2c1cnn2C. The molecule has 0 bridgehead atoms. The van der Waals surface area contributed by atoms with E-state index in [2.05, 4.69) is 9.82 Å². The molecular formula is C11H19N3O2S.